The molecule has 2 aliphatic heterocycles. The maximum Gasteiger partial charge on any atom is 0.276 e. The van der Waals surface area contributed by atoms with Gasteiger partial charge in [-0.2, -0.15) is 9.57 Å². The van der Waals surface area contributed by atoms with Gasteiger partial charge in [0.1, 0.15) is 16.4 Å². The van der Waals surface area contributed by atoms with Crippen LogP contribution in [0, 0.1) is 11.3 Å². The number of phenols is 1. The molecule has 3 N–H and O–H groups in total. The molecule has 1 aromatic heterocycles. The molecule has 0 saturated carbocycles. The van der Waals surface area contributed by atoms with Crippen molar-refractivity contribution in [2.75, 3.05) is 54.4 Å². The first kappa shape index (κ1) is 30.7. The number of nitriles is 1. The number of nitrogens with zero attached hydrogens (tertiary/aromatic N) is 4. The molecule has 1 unspecified atom stereocenters. The fraction of sp³-hybridized carbons (Fsp3) is 0.242. The molecule has 0 bridgehead atoms. The quantitative estimate of drug-likeness (QED) is 0.246. The molecule has 0 aliphatic carbocycles. The summed E-state index contributed by atoms with van der Waals surface area (Å²) < 4.78 is 40.3. The molecule has 1 fully saturated rings. The van der Waals surface area contributed by atoms with Crippen LogP contribution < -0.4 is 29.3 Å². The summed E-state index contributed by atoms with van der Waals surface area (Å²) in [7, 11) is -3.33. The van der Waals surface area contributed by atoms with Crippen LogP contribution in [0.4, 0.5) is 17.1 Å². The number of benzene rings is 3. The summed E-state index contributed by atoms with van der Waals surface area (Å²) in [5.41, 5.74) is 0.275. The van der Waals surface area contributed by atoms with Gasteiger partial charge in [-0.25, -0.2) is 13.4 Å². The van der Waals surface area contributed by atoms with Crippen molar-refractivity contribution in [1.82, 2.24) is 10.3 Å². The number of pyridine rings is 1. The zero-order chi connectivity index (χ0) is 32.5. The second-order valence-electron chi connectivity index (χ2n) is 10.7. The third-order valence-electron chi connectivity index (χ3n) is 8.08. The van der Waals surface area contributed by atoms with E-state index in [4.69, 9.17) is 9.47 Å². The average Bonchev–Trinajstić information content (AvgIpc) is 3.33. The average molecular weight is 641 g/mol. The largest absolute Gasteiger partial charge is 0.506 e. The van der Waals surface area contributed by atoms with Crippen molar-refractivity contribution in [2.45, 2.75) is 17.4 Å². The number of methoxy groups -OCH3 is 1. The first-order chi connectivity index (χ1) is 22.2. The number of fused-ring (bicyclic) bond motifs is 1. The number of phenolic OH excluding ortho intramolecular Hbond substituents is 1. The van der Waals surface area contributed by atoms with Gasteiger partial charge < -0.3 is 30.1 Å². The molecule has 0 radical (unpaired) electrons. The van der Waals surface area contributed by atoms with Gasteiger partial charge in [0.2, 0.25) is 5.88 Å². The summed E-state index contributed by atoms with van der Waals surface area (Å²) in [6, 6.07) is 20.9. The highest BCUT2D eigenvalue weighted by Crippen LogP contribution is 2.51. The number of aromatic hydroxyl groups is 1. The van der Waals surface area contributed by atoms with Crippen LogP contribution in [0.1, 0.15) is 23.6 Å². The standard InChI is InChI=1S/C33H32N6O6S/c1-3-45-31-26(5-4-14-36-31)33(37-23-7-9-24(10-8-23)38-17-15-35-16-18-38)27-19-22(21-34)6-12-28(27)39(32(33)41)46(42,43)30-13-11-25(44-2)20-29(30)40/h4-14,19-20,35,37,40H,3,15-18H2,1-2H3. The highest BCUT2D eigenvalue weighted by Gasteiger charge is 2.58. The van der Waals surface area contributed by atoms with E-state index in [1.54, 1.807) is 19.1 Å². The number of anilines is 3. The predicted octanol–water partition coefficient (Wildman–Crippen LogP) is 3.57. The van der Waals surface area contributed by atoms with Gasteiger partial charge in [-0.05, 0) is 73.7 Å². The molecular formula is C33H32N6O6S. The zero-order valence-corrected chi connectivity index (χ0v) is 26.0. The summed E-state index contributed by atoms with van der Waals surface area (Å²) in [5, 5.41) is 27.3. The van der Waals surface area contributed by atoms with E-state index in [1.165, 1.54) is 43.6 Å². The van der Waals surface area contributed by atoms with Crippen LogP contribution in [-0.2, 0) is 20.4 Å². The lowest BCUT2D eigenvalue weighted by atomic mass is 9.83. The van der Waals surface area contributed by atoms with Crippen molar-refractivity contribution in [1.29, 1.82) is 5.26 Å². The van der Waals surface area contributed by atoms with Gasteiger partial charge in [0.15, 0.2) is 5.54 Å². The molecule has 2 aliphatic rings. The molecule has 3 aromatic carbocycles. The number of sulfonamides is 1. The van der Waals surface area contributed by atoms with E-state index in [0.717, 1.165) is 37.9 Å². The van der Waals surface area contributed by atoms with Crippen LogP contribution in [0.15, 0.2) is 83.9 Å². The first-order valence-electron chi connectivity index (χ1n) is 14.7. The van der Waals surface area contributed by atoms with Gasteiger partial charge in [-0.15, -0.1) is 0 Å². The highest BCUT2D eigenvalue weighted by molar-refractivity contribution is 7.93. The van der Waals surface area contributed by atoms with E-state index < -0.39 is 32.1 Å². The number of nitrogens with one attached hydrogen (secondary N) is 2. The van der Waals surface area contributed by atoms with Gasteiger partial charge in [0, 0.05) is 55.4 Å². The Morgan fingerprint density at radius 1 is 1.07 bits per heavy atom. The van der Waals surface area contributed by atoms with E-state index >= 15 is 4.79 Å². The van der Waals surface area contributed by atoms with Crippen LogP contribution in [-0.4, -0.2) is 64.3 Å². The molecule has 236 valence electrons. The van der Waals surface area contributed by atoms with Gasteiger partial charge in [-0.3, -0.25) is 4.79 Å². The molecule has 1 atom stereocenters. The van der Waals surface area contributed by atoms with Crippen LogP contribution in [0.3, 0.4) is 0 Å². The minimum atomic E-state index is -4.71. The van der Waals surface area contributed by atoms with Crippen LogP contribution in [0.2, 0.25) is 0 Å². The van der Waals surface area contributed by atoms with Crippen molar-refractivity contribution < 1.29 is 27.8 Å². The summed E-state index contributed by atoms with van der Waals surface area (Å²) >= 11 is 0. The Bertz CT molecular complexity index is 1940. The predicted molar refractivity (Wildman–Crippen MR) is 172 cm³/mol. The molecule has 46 heavy (non-hydrogen) atoms. The van der Waals surface area contributed by atoms with Gasteiger partial charge in [-0.1, -0.05) is 0 Å². The maximum atomic E-state index is 15.0. The van der Waals surface area contributed by atoms with Crippen LogP contribution in [0.25, 0.3) is 0 Å². The van der Waals surface area contributed by atoms with E-state index in [2.05, 4.69) is 26.6 Å². The fourth-order valence-electron chi connectivity index (χ4n) is 5.91. The van der Waals surface area contributed by atoms with Crippen LogP contribution >= 0.6 is 0 Å². The van der Waals surface area contributed by atoms with Gasteiger partial charge >= 0.3 is 0 Å². The Kier molecular flexibility index (Phi) is 8.16. The molecule has 1 saturated heterocycles. The number of carbonyl (C=O) groups excluding carboxylic acids is 1. The lowest BCUT2D eigenvalue weighted by molar-refractivity contribution is -0.120. The minimum absolute atomic E-state index is 0.00968. The molecule has 13 heteroatoms. The number of rotatable bonds is 9. The Balaban J connectivity index is 1.57. The Hall–Kier alpha value is -5.32. The molecule has 12 nitrogen and oxygen atoms in total. The van der Waals surface area contributed by atoms with Crippen molar-refractivity contribution in [3.63, 3.8) is 0 Å². The number of ether oxygens (including phenoxy) is 2. The molecule has 4 aromatic rings. The summed E-state index contributed by atoms with van der Waals surface area (Å²) in [6.07, 6.45) is 1.51. The molecule has 3 heterocycles. The lowest BCUT2D eigenvalue weighted by Crippen LogP contribution is -2.49. The maximum absolute atomic E-state index is 15.0. The lowest BCUT2D eigenvalue weighted by Gasteiger charge is -2.33. The summed E-state index contributed by atoms with van der Waals surface area (Å²) in [4.78, 5) is 21.1. The second-order valence-corrected chi connectivity index (χ2v) is 12.5. The number of amides is 1. The number of carbonyl (C=O) groups is 1. The number of hydrogen-bond acceptors (Lipinski definition) is 11. The van der Waals surface area contributed by atoms with Crippen molar-refractivity contribution >= 4 is 33.0 Å². The van der Waals surface area contributed by atoms with Crippen LogP contribution in [0.5, 0.6) is 17.4 Å². The topological polar surface area (TPSA) is 157 Å². The Labute approximate surface area is 266 Å². The molecular weight excluding hydrogens is 608 g/mol. The van der Waals surface area contributed by atoms with Gasteiger partial charge in [0.25, 0.3) is 15.9 Å². The molecule has 1 amide bonds. The number of hydrogen-bond donors (Lipinski definition) is 3. The zero-order valence-electron chi connectivity index (χ0n) is 25.2. The third kappa shape index (κ3) is 5.11. The smallest absolute Gasteiger partial charge is 0.276 e. The Morgan fingerprint density at radius 3 is 2.50 bits per heavy atom. The second kappa shape index (κ2) is 12.2. The fourth-order valence-corrected chi connectivity index (χ4v) is 7.44. The normalized spacial score (nSPS) is 17.7. The summed E-state index contributed by atoms with van der Waals surface area (Å²) in [5.74, 6) is -1.14. The number of piperazine rings is 1. The number of aromatic nitrogens is 1. The SMILES string of the molecule is CCOc1ncccc1C1(Nc2ccc(N3CCNCC3)cc2)C(=O)N(S(=O)(=O)c2ccc(OC)cc2O)c2ccc(C#N)cc21. The minimum Gasteiger partial charge on any atom is -0.506 e. The van der Waals surface area contributed by atoms with Crippen molar-refractivity contribution in [3.05, 3.63) is 95.7 Å². The van der Waals surface area contributed by atoms with Crippen molar-refractivity contribution in [2.24, 2.45) is 0 Å². The van der Waals surface area contributed by atoms with Gasteiger partial charge in [0.05, 0.1) is 36.6 Å². The molecule has 6 rings (SSSR count). The first-order valence-corrected chi connectivity index (χ1v) is 16.1. The van der Waals surface area contributed by atoms with E-state index in [1.807, 2.05) is 24.3 Å². The van der Waals surface area contributed by atoms with Crippen molar-refractivity contribution in [3.8, 4) is 23.4 Å². The third-order valence-corrected chi connectivity index (χ3v) is 9.82. The van der Waals surface area contributed by atoms with E-state index in [9.17, 15) is 18.8 Å². The van der Waals surface area contributed by atoms with E-state index in [-0.39, 0.29) is 40.6 Å². The van der Waals surface area contributed by atoms with E-state index in [0.29, 0.717) is 9.99 Å². The molecule has 0 spiro atoms. The monoisotopic (exact) mass is 640 g/mol. The summed E-state index contributed by atoms with van der Waals surface area (Å²) in [6.45, 7) is 5.42. The highest BCUT2D eigenvalue weighted by atomic mass is 32.2. The Morgan fingerprint density at radius 2 is 1.83 bits per heavy atom.